The first kappa shape index (κ1) is 20.5. The molecule has 0 unspecified atom stereocenters. The minimum atomic E-state index is -0.214. The molecular formula is C24H23N5O2S. The van der Waals surface area contributed by atoms with Gasteiger partial charge in [-0.15, -0.1) is 0 Å². The number of aromatic nitrogens is 5. The van der Waals surface area contributed by atoms with Crippen molar-refractivity contribution in [3.05, 3.63) is 89.3 Å². The number of benzene rings is 2. The monoisotopic (exact) mass is 445 g/mol. The number of ketones is 1. The molecule has 162 valence electrons. The lowest BCUT2D eigenvalue weighted by molar-refractivity contribution is 0.0972. The number of rotatable bonds is 8. The number of fused-ring (bicyclic) bond motifs is 1. The number of imidazole rings is 1. The largest absolute Gasteiger partial charge is 0.485 e. The summed E-state index contributed by atoms with van der Waals surface area (Å²) in [6.45, 7) is 0. The van der Waals surface area contributed by atoms with Crippen molar-refractivity contribution >= 4 is 17.5 Å². The summed E-state index contributed by atoms with van der Waals surface area (Å²) in [6, 6.07) is 14.0. The number of ether oxygens (including phenoxy) is 1. The van der Waals surface area contributed by atoms with E-state index in [1.54, 1.807) is 18.0 Å². The summed E-state index contributed by atoms with van der Waals surface area (Å²) in [4.78, 5) is 24.3. The molecule has 0 bridgehead atoms. The number of hydrogen-bond donors (Lipinski definition) is 2. The second kappa shape index (κ2) is 9.40. The molecule has 1 atom stereocenters. The molecule has 0 radical (unpaired) electrons. The molecule has 0 aliphatic heterocycles. The first-order chi connectivity index (χ1) is 15.8. The van der Waals surface area contributed by atoms with Gasteiger partial charge in [0.25, 0.3) is 0 Å². The highest BCUT2D eigenvalue weighted by atomic mass is 32.2. The molecule has 0 saturated carbocycles. The Kier molecular flexibility index (Phi) is 6.02. The number of nitrogens with zero attached hydrogens (tertiary/aromatic N) is 3. The van der Waals surface area contributed by atoms with Crippen molar-refractivity contribution in [3.63, 3.8) is 0 Å². The third kappa shape index (κ3) is 4.45. The number of carbonyl (C=O) groups excluding carboxylic acids is 1. The van der Waals surface area contributed by atoms with E-state index < -0.39 is 0 Å². The fourth-order valence-corrected chi connectivity index (χ4v) is 4.92. The molecule has 5 rings (SSSR count). The van der Waals surface area contributed by atoms with Crippen LogP contribution in [0.15, 0.2) is 66.3 Å². The van der Waals surface area contributed by atoms with Crippen molar-refractivity contribution in [2.24, 2.45) is 0 Å². The lowest BCUT2D eigenvalue weighted by Crippen LogP contribution is -2.17. The van der Waals surface area contributed by atoms with Crippen LogP contribution in [0.3, 0.4) is 0 Å². The van der Waals surface area contributed by atoms with Crippen molar-refractivity contribution in [1.82, 2.24) is 25.1 Å². The molecule has 0 spiro atoms. The van der Waals surface area contributed by atoms with Gasteiger partial charge in [-0.2, -0.15) is 5.10 Å². The minimum Gasteiger partial charge on any atom is -0.485 e. The highest BCUT2D eigenvalue weighted by Crippen LogP contribution is 2.37. The molecule has 2 N–H and O–H groups in total. The quantitative estimate of drug-likeness (QED) is 0.382. The molecule has 8 heteroatoms. The highest BCUT2D eigenvalue weighted by Gasteiger charge is 2.25. The van der Waals surface area contributed by atoms with E-state index >= 15 is 0 Å². The molecule has 7 nitrogen and oxygen atoms in total. The van der Waals surface area contributed by atoms with E-state index in [0.717, 1.165) is 51.8 Å². The summed E-state index contributed by atoms with van der Waals surface area (Å²) < 4.78 is 6.65. The predicted molar refractivity (Wildman–Crippen MR) is 122 cm³/mol. The average molecular weight is 446 g/mol. The lowest BCUT2D eigenvalue weighted by atomic mass is 9.87. The van der Waals surface area contributed by atoms with Gasteiger partial charge in [-0.25, -0.2) is 9.97 Å². The van der Waals surface area contributed by atoms with E-state index in [2.05, 4.69) is 37.3 Å². The lowest BCUT2D eigenvalue weighted by Gasteiger charge is -2.25. The van der Waals surface area contributed by atoms with Gasteiger partial charge in [0.2, 0.25) is 0 Å². The van der Waals surface area contributed by atoms with Crippen molar-refractivity contribution in [1.29, 1.82) is 0 Å². The van der Waals surface area contributed by atoms with E-state index in [1.165, 1.54) is 6.33 Å². The predicted octanol–water partition coefficient (Wildman–Crippen LogP) is 4.70. The third-order valence-corrected chi connectivity index (χ3v) is 6.54. The van der Waals surface area contributed by atoms with Crippen LogP contribution in [-0.4, -0.2) is 30.9 Å². The zero-order valence-electron chi connectivity index (χ0n) is 17.5. The summed E-state index contributed by atoms with van der Waals surface area (Å²) in [5, 5.41) is 7.57. The molecule has 2 aromatic carbocycles. The fourth-order valence-electron chi connectivity index (χ4n) is 4.09. The van der Waals surface area contributed by atoms with Gasteiger partial charge in [0.1, 0.15) is 24.0 Å². The Morgan fingerprint density at radius 1 is 1.09 bits per heavy atom. The van der Waals surface area contributed by atoms with E-state index in [-0.39, 0.29) is 11.9 Å². The summed E-state index contributed by atoms with van der Waals surface area (Å²) in [7, 11) is 0. The third-order valence-electron chi connectivity index (χ3n) is 5.64. The number of thioether (sulfide) groups is 1. The van der Waals surface area contributed by atoms with Gasteiger partial charge in [0.15, 0.2) is 10.9 Å². The number of Topliss-reactive ketones (excluding diaryl/α,β-unsaturated/α-hetero) is 1. The smallest absolute Gasteiger partial charge is 0.183 e. The fraction of sp³-hybridized carbons (Fsp3) is 0.250. The van der Waals surface area contributed by atoms with Crippen LogP contribution in [0.2, 0.25) is 0 Å². The Labute approximate surface area is 190 Å². The normalized spacial score (nSPS) is 14.2. The van der Waals surface area contributed by atoms with Gasteiger partial charge >= 0.3 is 0 Å². The average Bonchev–Trinajstić information content (AvgIpc) is 3.53. The molecule has 0 fully saturated rings. The van der Waals surface area contributed by atoms with Crippen LogP contribution in [0, 0.1) is 0 Å². The van der Waals surface area contributed by atoms with Gasteiger partial charge in [0.05, 0.1) is 0 Å². The van der Waals surface area contributed by atoms with Crippen molar-refractivity contribution < 1.29 is 9.53 Å². The second-order valence-corrected chi connectivity index (χ2v) is 8.65. The van der Waals surface area contributed by atoms with E-state index in [0.29, 0.717) is 18.6 Å². The van der Waals surface area contributed by atoms with Crippen LogP contribution in [-0.2, 0) is 18.6 Å². The maximum Gasteiger partial charge on any atom is 0.183 e. The maximum absolute atomic E-state index is 12.5. The second-order valence-electron chi connectivity index (χ2n) is 7.68. The van der Waals surface area contributed by atoms with Crippen LogP contribution < -0.4 is 4.74 Å². The molecular weight excluding hydrogens is 422 g/mol. The number of H-pyrrole nitrogens is 2. The zero-order valence-corrected chi connectivity index (χ0v) is 18.3. The summed E-state index contributed by atoms with van der Waals surface area (Å²) in [5.74, 6) is 2.51. The number of hydrogen-bond acceptors (Lipinski definition) is 6. The Balaban J connectivity index is 1.50. The molecule has 0 saturated heterocycles. The summed E-state index contributed by atoms with van der Waals surface area (Å²) >= 11 is 1.56. The highest BCUT2D eigenvalue weighted by molar-refractivity contribution is 7.98. The van der Waals surface area contributed by atoms with Crippen LogP contribution in [0.1, 0.15) is 51.8 Å². The SMILES string of the molecule is O=C1CCCc2c1ccc(O[C@@H](Cc1ncc[nH]1)c1ccccc1)c2CSc1ncn[nH]1. The van der Waals surface area contributed by atoms with Gasteiger partial charge < -0.3 is 9.72 Å². The molecule has 32 heavy (non-hydrogen) atoms. The van der Waals surface area contributed by atoms with Crippen LogP contribution in [0.4, 0.5) is 0 Å². The van der Waals surface area contributed by atoms with Gasteiger partial charge in [-0.1, -0.05) is 42.1 Å². The van der Waals surface area contributed by atoms with Crippen LogP contribution in [0.25, 0.3) is 0 Å². The van der Waals surface area contributed by atoms with Crippen molar-refractivity contribution in [3.8, 4) is 5.75 Å². The van der Waals surface area contributed by atoms with Crippen LogP contribution in [0.5, 0.6) is 5.75 Å². The summed E-state index contributed by atoms with van der Waals surface area (Å²) in [5.41, 5.74) is 4.04. The van der Waals surface area contributed by atoms with E-state index in [1.807, 2.05) is 36.5 Å². The topological polar surface area (TPSA) is 96.6 Å². The summed E-state index contributed by atoms with van der Waals surface area (Å²) in [6.07, 6.45) is 7.81. The number of aromatic amines is 2. The van der Waals surface area contributed by atoms with Gasteiger partial charge in [-0.3, -0.25) is 9.89 Å². The van der Waals surface area contributed by atoms with Gasteiger partial charge in [-0.05, 0) is 36.1 Å². The van der Waals surface area contributed by atoms with Crippen LogP contribution >= 0.6 is 11.8 Å². The Morgan fingerprint density at radius 2 is 2.00 bits per heavy atom. The maximum atomic E-state index is 12.5. The molecule has 1 aliphatic rings. The molecule has 2 aromatic heterocycles. The van der Waals surface area contributed by atoms with Crippen molar-refractivity contribution in [2.75, 3.05) is 0 Å². The Hall–Kier alpha value is -3.39. The molecule has 2 heterocycles. The van der Waals surface area contributed by atoms with E-state index in [9.17, 15) is 4.79 Å². The minimum absolute atomic E-state index is 0.207. The Morgan fingerprint density at radius 3 is 2.78 bits per heavy atom. The first-order valence-corrected chi connectivity index (χ1v) is 11.6. The van der Waals surface area contributed by atoms with E-state index in [4.69, 9.17) is 4.74 Å². The standard InChI is InChI=1S/C24H23N5O2S/c30-20-8-4-7-17-18(20)9-10-21(19(17)14-32-24-27-15-28-29-24)31-22(13-23-25-11-12-26-23)16-5-2-1-3-6-16/h1-3,5-6,9-12,15,22H,4,7-8,13-14H2,(H,25,26)(H,27,28,29)/t22-/m0/s1. The Bertz CT molecular complexity index is 1180. The zero-order chi connectivity index (χ0) is 21.8. The van der Waals surface area contributed by atoms with Gasteiger partial charge in [0, 0.05) is 42.1 Å². The first-order valence-electron chi connectivity index (χ1n) is 10.6. The number of carbonyl (C=O) groups is 1. The molecule has 0 amide bonds. The van der Waals surface area contributed by atoms with Crippen molar-refractivity contribution in [2.45, 2.75) is 42.7 Å². The molecule has 1 aliphatic carbocycles. The number of nitrogens with one attached hydrogen (secondary N) is 2. The molecule has 4 aromatic rings.